The van der Waals surface area contributed by atoms with E-state index in [2.05, 4.69) is 11.5 Å². The van der Waals surface area contributed by atoms with E-state index in [-0.39, 0.29) is 11.9 Å². The van der Waals surface area contributed by atoms with E-state index < -0.39 is 0 Å². The van der Waals surface area contributed by atoms with Gasteiger partial charge >= 0.3 is 0 Å². The average molecular weight is 300 g/mol. The highest BCUT2D eigenvalue weighted by Crippen LogP contribution is 2.33. The third kappa shape index (κ3) is 2.64. The van der Waals surface area contributed by atoms with Crippen LogP contribution in [0.5, 0.6) is 5.75 Å². The van der Waals surface area contributed by atoms with Crippen LogP contribution < -0.4 is 10.2 Å². The lowest BCUT2D eigenvalue weighted by Crippen LogP contribution is -2.37. The van der Waals surface area contributed by atoms with E-state index in [1.165, 1.54) is 0 Å². The first-order chi connectivity index (χ1) is 10.2. The van der Waals surface area contributed by atoms with Crippen LogP contribution in [0, 0.1) is 0 Å². The molecule has 5 heteroatoms. The molecule has 0 saturated heterocycles. The van der Waals surface area contributed by atoms with E-state index in [9.17, 15) is 4.79 Å². The molecule has 1 amide bonds. The fourth-order valence-electron chi connectivity index (χ4n) is 2.38. The summed E-state index contributed by atoms with van der Waals surface area (Å²) in [7, 11) is 1.64. The predicted octanol–water partition coefficient (Wildman–Crippen LogP) is 3.21. The van der Waals surface area contributed by atoms with Gasteiger partial charge in [-0.25, -0.2) is 5.01 Å². The second kappa shape index (κ2) is 5.61. The molecule has 1 aliphatic heterocycles. The lowest BCUT2D eigenvalue weighted by Gasteiger charge is -2.24. The standard InChI is InChI=1S/C16H16N2O2S/c1-11(19)18-15(12-5-3-6-13(9-12)20-2)10-14(17-18)16-7-4-8-21-16/h3-10,15,17H,1-2H3/t15-/m1/s1. The third-order valence-corrected chi connectivity index (χ3v) is 4.31. The highest BCUT2D eigenvalue weighted by Gasteiger charge is 2.29. The molecule has 0 unspecified atom stereocenters. The van der Waals surface area contributed by atoms with E-state index >= 15 is 0 Å². The zero-order valence-corrected chi connectivity index (χ0v) is 12.7. The molecule has 108 valence electrons. The number of nitrogens with one attached hydrogen (secondary N) is 1. The molecular weight excluding hydrogens is 284 g/mol. The fourth-order valence-corrected chi connectivity index (χ4v) is 3.08. The van der Waals surface area contributed by atoms with Gasteiger partial charge in [0.25, 0.3) is 0 Å². The van der Waals surface area contributed by atoms with Crippen molar-refractivity contribution in [1.29, 1.82) is 0 Å². The van der Waals surface area contributed by atoms with E-state index in [0.717, 1.165) is 21.9 Å². The van der Waals surface area contributed by atoms with Gasteiger partial charge in [0.05, 0.1) is 23.7 Å². The van der Waals surface area contributed by atoms with E-state index in [1.54, 1.807) is 30.4 Å². The van der Waals surface area contributed by atoms with Crippen LogP contribution in [0.4, 0.5) is 0 Å². The van der Waals surface area contributed by atoms with Gasteiger partial charge in [-0.15, -0.1) is 11.3 Å². The summed E-state index contributed by atoms with van der Waals surface area (Å²) in [6.07, 6.45) is 2.07. The van der Waals surface area contributed by atoms with Crippen molar-refractivity contribution >= 4 is 22.9 Å². The monoisotopic (exact) mass is 300 g/mol. The number of benzene rings is 1. The smallest absolute Gasteiger partial charge is 0.238 e. The molecule has 0 spiro atoms. The topological polar surface area (TPSA) is 41.6 Å². The summed E-state index contributed by atoms with van der Waals surface area (Å²) < 4.78 is 5.27. The number of carbonyl (C=O) groups excluding carboxylic acids is 1. The van der Waals surface area contributed by atoms with Gasteiger partial charge in [0.1, 0.15) is 5.75 Å². The molecule has 2 aromatic rings. The van der Waals surface area contributed by atoms with E-state index in [0.29, 0.717) is 0 Å². The number of hydrogen-bond donors (Lipinski definition) is 1. The Bertz CT molecular complexity index is 679. The Labute approximate surface area is 127 Å². The molecule has 3 rings (SSSR count). The molecule has 1 atom stereocenters. The van der Waals surface area contributed by atoms with Gasteiger partial charge in [0.2, 0.25) is 5.91 Å². The van der Waals surface area contributed by atoms with Crippen molar-refractivity contribution in [2.45, 2.75) is 13.0 Å². The Morgan fingerprint density at radius 3 is 2.86 bits per heavy atom. The quantitative estimate of drug-likeness (QED) is 0.946. The Hall–Kier alpha value is -2.27. The van der Waals surface area contributed by atoms with Crippen LogP contribution in [0.15, 0.2) is 47.9 Å². The first kappa shape index (κ1) is 13.7. The minimum absolute atomic E-state index is 0.0226. The molecule has 0 saturated carbocycles. The van der Waals surface area contributed by atoms with Gasteiger partial charge in [0, 0.05) is 6.92 Å². The number of methoxy groups -OCH3 is 1. The van der Waals surface area contributed by atoms with Gasteiger partial charge in [-0.3, -0.25) is 10.2 Å². The summed E-state index contributed by atoms with van der Waals surface area (Å²) in [5.41, 5.74) is 5.18. The highest BCUT2D eigenvalue weighted by atomic mass is 32.1. The molecule has 1 aliphatic rings. The van der Waals surface area contributed by atoms with Gasteiger partial charge in [-0.2, -0.15) is 0 Å². The predicted molar refractivity (Wildman–Crippen MR) is 83.7 cm³/mol. The molecule has 1 N–H and O–H groups in total. The Morgan fingerprint density at radius 2 is 2.19 bits per heavy atom. The molecule has 0 fully saturated rings. The van der Waals surface area contributed by atoms with Crippen LogP contribution in [0.2, 0.25) is 0 Å². The molecule has 1 aromatic carbocycles. The zero-order valence-electron chi connectivity index (χ0n) is 11.9. The van der Waals surface area contributed by atoms with Crippen molar-refractivity contribution < 1.29 is 9.53 Å². The number of ether oxygens (including phenoxy) is 1. The average Bonchev–Trinajstić information content (AvgIpc) is 3.16. The lowest BCUT2D eigenvalue weighted by atomic mass is 10.1. The highest BCUT2D eigenvalue weighted by molar-refractivity contribution is 7.11. The summed E-state index contributed by atoms with van der Waals surface area (Å²) >= 11 is 1.65. The summed E-state index contributed by atoms with van der Waals surface area (Å²) in [6, 6.07) is 11.7. The second-order valence-corrected chi connectivity index (χ2v) is 5.73. The fraction of sp³-hybridized carbons (Fsp3) is 0.188. The number of carbonyl (C=O) groups is 1. The van der Waals surface area contributed by atoms with Crippen molar-refractivity contribution in [3.05, 3.63) is 58.3 Å². The van der Waals surface area contributed by atoms with E-state index in [4.69, 9.17) is 4.74 Å². The normalized spacial score (nSPS) is 17.3. The minimum Gasteiger partial charge on any atom is -0.497 e. The molecule has 21 heavy (non-hydrogen) atoms. The summed E-state index contributed by atoms with van der Waals surface area (Å²) in [6.45, 7) is 1.56. The number of hydrazine groups is 1. The van der Waals surface area contributed by atoms with Gasteiger partial charge in [0.15, 0.2) is 0 Å². The Kier molecular flexibility index (Phi) is 3.66. The number of thiophene rings is 1. The maximum absolute atomic E-state index is 11.9. The van der Waals surface area contributed by atoms with Gasteiger partial charge in [-0.1, -0.05) is 18.2 Å². The zero-order chi connectivity index (χ0) is 14.8. The first-order valence-electron chi connectivity index (χ1n) is 6.65. The summed E-state index contributed by atoms with van der Waals surface area (Å²) in [4.78, 5) is 13.0. The maximum atomic E-state index is 11.9. The van der Waals surface area contributed by atoms with Crippen molar-refractivity contribution in [1.82, 2.24) is 10.4 Å². The third-order valence-electron chi connectivity index (χ3n) is 3.40. The lowest BCUT2D eigenvalue weighted by molar-refractivity contribution is -0.132. The van der Waals surface area contributed by atoms with Crippen molar-refractivity contribution in [2.75, 3.05) is 7.11 Å². The number of rotatable bonds is 3. The number of nitrogens with zero attached hydrogens (tertiary/aromatic N) is 1. The molecular formula is C16H16N2O2S. The van der Waals surface area contributed by atoms with Gasteiger partial charge in [-0.05, 0) is 35.2 Å². The molecule has 4 nitrogen and oxygen atoms in total. The van der Waals surface area contributed by atoms with Crippen molar-refractivity contribution in [3.63, 3.8) is 0 Å². The SMILES string of the molecule is COc1cccc([C@H]2C=C(c3cccs3)NN2C(C)=O)c1. The maximum Gasteiger partial charge on any atom is 0.238 e. The van der Waals surface area contributed by atoms with Crippen LogP contribution in [0.3, 0.4) is 0 Å². The van der Waals surface area contributed by atoms with Crippen molar-refractivity contribution in [3.8, 4) is 5.75 Å². The second-order valence-electron chi connectivity index (χ2n) is 4.78. The van der Waals surface area contributed by atoms with Crippen LogP contribution >= 0.6 is 11.3 Å². The van der Waals surface area contributed by atoms with Crippen LogP contribution in [0.1, 0.15) is 23.4 Å². The Balaban J connectivity index is 1.98. The molecule has 0 bridgehead atoms. The first-order valence-corrected chi connectivity index (χ1v) is 7.53. The molecule has 2 heterocycles. The van der Waals surface area contributed by atoms with Crippen molar-refractivity contribution in [2.24, 2.45) is 0 Å². The molecule has 0 radical (unpaired) electrons. The number of amides is 1. The Morgan fingerprint density at radius 1 is 1.33 bits per heavy atom. The summed E-state index contributed by atoms with van der Waals surface area (Å²) in [5.74, 6) is 0.764. The van der Waals surface area contributed by atoms with Crippen LogP contribution in [-0.2, 0) is 4.79 Å². The molecule has 0 aliphatic carbocycles. The van der Waals surface area contributed by atoms with E-state index in [1.807, 2.05) is 41.8 Å². The largest absolute Gasteiger partial charge is 0.497 e. The number of hydrogen-bond acceptors (Lipinski definition) is 4. The van der Waals surface area contributed by atoms with Crippen LogP contribution in [-0.4, -0.2) is 18.0 Å². The summed E-state index contributed by atoms with van der Waals surface area (Å²) in [5, 5.41) is 3.67. The molecule has 1 aromatic heterocycles. The van der Waals surface area contributed by atoms with Crippen LogP contribution in [0.25, 0.3) is 5.70 Å². The van der Waals surface area contributed by atoms with Gasteiger partial charge < -0.3 is 4.74 Å². The minimum atomic E-state index is -0.130.